The number of hydrogen-bond acceptors (Lipinski definition) is 3. The topological polar surface area (TPSA) is 39.9 Å². The molecule has 1 saturated heterocycles. The van der Waals surface area contributed by atoms with Crippen LogP contribution in [0.2, 0.25) is 0 Å². The lowest BCUT2D eigenvalue weighted by atomic mass is 10.1. The number of aryl methyl sites for hydroxylation is 3. The molecule has 5 heteroatoms. The third-order valence-electron chi connectivity index (χ3n) is 4.18. The van der Waals surface area contributed by atoms with Crippen LogP contribution >= 0.6 is 11.6 Å². The van der Waals surface area contributed by atoms with Gasteiger partial charge in [0.2, 0.25) is 0 Å². The van der Waals surface area contributed by atoms with Crippen LogP contribution in [0, 0.1) is 6.92 Å². The van der Waals surface area contributed by atoms with E-state index in [1.807, 2.05) is 12.3 Å². The summed E-state index contributed by atoms with van der Waals surface area (Å²) in [5.41, 5.74) is 3.15. The van der Waals surface area contributed by atoms with E-state index in [4.69, 9.17) is 21.3 Å². The summed E-state index contributed by atoms with van der Waals surface area (Å²) in [6.45, 7) is 3.89. The molecule has 0 saturated carbocycles. The zero-order valence-corrected chi connectivity index (χ0v) is 13.3. The monoisotopic (exact) mass is 307 g/mol. The lowest BCUT2D eigenvalue weighted by Gasteiger charge is -2.23. The van der Waals surface area contributed by atoms with Crippen molar-refractivity contribution >= 4 is 22.8 Å². The second-order valence-electron chi connectivity index (χ2n) is 5.70. The molecule has 0 amide bonds. The molecular weight excluding hydrogens is 286 g/mol. The molecule has 1 unspecified atom stereocenters. The van der Waals surface area contributed by atoms with E-state index in [9.17, 15) is 0 Å². The maximum Gasteiger partial charge on any atom is 0.160 e. The largest absolute Gasteiger partial charge is 0.378 e. The van der Waals surface area contributed by atoms with Gasteiger partial charge < -0.3 is 9.30 Å². The van der Waals surface area contributed by atoms with Crippen molar-refractivity contribution in [1.29, 1.82) is 0 Å². The van der Waals surface area contributed by atoms with Gasteiger partial charge in [-0.2, -0.15) is 0 Å². The van der Waals surface area contributed by atoms with Gasteiger partial charge in [-0.15, -0.1) is 11.6 Å². The van der Waals surface area contributed by atoms with Crippen LogP contribution in [0.4, 0.5) is 0 Å². The normalized spacial score (nSPS) is 19.2. The molecule has 2 aromatic rings. The second kappa shape index (κ2) is 6.75. The predicted molar refractivity (Wildman–Crippen MR) is 84.9 cm³/mol. The number of ether oxygens (including phenoxy) is 1. The van der Waals surface area contributed by atoms with Crippen LogP contribution in [0.1, 0.15) is 37.1 Å². The molecule has 0 aliphatic carbocycles. The van der Waals surface area contributed by atoms with Crippen LogP contribution in [0.3, 0.4) is 0 Å². The molecule has 114 valence electrons. The van der Waals surface area contributed by atoms with Crippen molar-refractivity contribution in [2.24, 2.45) is 0 Å². The molecule has 3 heterocycles. The van der Waals surface area contributed by atoms with Crippen LogP contribution < -0.4 is 0 Å². The minimum atomic E-state index is 0.380. The average molecular weight is 308 g/mol. The zero-order valence-electron chi connectivity index (χ0n) is 12.5. The van der Waals surface area contributed by atoms with Crippen LogP contribution in [-0.2, 0) is 17.7 Å². The summed E-state index contributed by atoms with van der Waals surface area (Å²) in [5.74, 6) is 1.63. The summed E-state index contributed by atoms with van der Waals surface area (Å²) in [6.07, 6.45) is 7.69. The lowest BCUT2D eigenvalue weighted by Crippen LogP contribution is -2.21. The molecule has 0 aromatic carbocycles. The first-order valence-electron chi connectivity index (χ1n) is 7.78. The average Bonchev–Trinajstić information content (AvgIpc) is 2.86. The fraction of sp³-hybridized carbons (Fsp3) is 0.625. The summed E-state index contributed by atoms with van der Waals surface area (Å²) in [4.78, 5) is 9.27. The Labute approximate surface area is 130 Å². The molecule has 1 aliphatic rings. The second-order valence-corrected chi connectivity index (χ2v) is 6.07. The standard InChI is InChI=1S/C16H22ClN3O/c1-12-6-9-18-16-15(12)19-14(5-8-17)20(16)10-7-13-4-2-3-11-21-13/h6,9,13H,2-5,7-8,10-11H2,1H3. The summed E-state index contributed by atoms with van der Waals surface area (Å²) in [7, 11) is 0. The van der Waals surface area contributed by atoms with E-state index in [1.165, 1.54) is 24.8 Å². The van der Waals surface area contributed by atoms with Gasteiger partial charge in [-0.3, -0.25) is 0 Å². The molecule has 0 radical (unpaired) electrons. The van der Waals surface area contributed by atoms with Crippen molar-refractivity contribution in [1.82, 2.24) is 14.5 Å². The number of aromatic nitrogens is 3. The number of halogens is 1. The van der Waals surface area contributed by atoms with Gasteiger partial charge in [0.15, 0.2) is 5.65 Å². The molecule has 0 bridgehead atoms. The first-order valence-corrected chi connectivity index (χ1v) is 8.31. The van der Waals surface area contributed by atoms with E-state index in [0.29, 0.717) is 12.0 Å². The number of nitrogens with zero attached hydrogens (tertiary/aromatic N) is 3. The molecule has 1 atom stereocenters. The van der Waals surface area contributed by atoms with E-state index in [-0.39, 0.29) is 0 Å². The van der Waals surface area contributed by atoms with Crippen LogP contribution in [-0.4, -0.2) is 33.1 Å². The van der Waals surface area contributed by atoms with Gasteiger partial charge >= 0.3 is 0 Å². The van der Waals surface area contributed by atoms with Gasteiger partial charge in [-0.25, -0.2) is 9.97 Å². The first kappa shape index (κ1) is 14.8. The molecule has 4 nitrogen and oxygen atoms in total. The van der Waals surface area contributed by atoms with Gasteiger partial charge in [0.05, 0.1) is 6.10 Å². The Kier molecular flexibility index (Phi) is 4.76. The third-order valence-corrected chi connectivity index (χ3v) is 4.37. The lowest BCUT2D eigenvalue weighted by molar-refractivity contribution is 0.00885. The highest BCUT2D eigenvalue weighted by atomic mass is 35.5. The number of hydrogen-bond donors (Lipinski definition) is 0. The highest BCUT2D eigenvalue weighted by Gasteiger charge is 2.17. The van der Waals surface area contributed by atoms with Crippen molar-refractivity contribution in [3.8, 4) is 0 Å². The molecule has 0 spiro atoms. The highest BCUT2D eigenvalue weighted by Crippen LogP contribution is 2.21. The number of pyridine rings is 1. The van der Waals surface area contributed by atoms with E-state index in [0.717, 1.165) is 43.0 Å². The van der Waals surface area contributed by atoms with Crippen molar-refractivity contribution in [2.75, 3.05) is 12.5 Å². The molecule has 0 N–H and O–H groups in total. The SMILES string of the molecule is Cc1ccnc2c1nc(CCCl)n2CCC1CCCCO1. The fourth-order valence-corrected chi connectivity index (χ4v) is 3.17. The Bertz CT molecular complexity index is 605. The number of alkyl halides is 1. The van der Waals surface area contributed by atoms with Crippen LogP contribution in [0.15, 0.2) is 12.3 Å². The molecule has 1 aliphatic heterocycles. The first-order chi connectivity index (χ1) is 10.3. The smallest absolute Gasteiger partial charge is 0.160 e. The minimum absolute atomic E-state index is 0.380. The third kappa shape index (κ3) is 3.22. The van der Waals surface area contributed by atoms with Crippen molar-refractivity contribution in [3.63, 3.8) is 0 Å². The Morgan fingerprint density at radius 2 is 2.33 bits per heavy atom. The van der Waals surface area contributed by atoms with Crippen LogP contribution in [0.5, 0.6) is 0 Å². The van der Waals surface area contributed by atoms with Gasteiger partial charge in [0, 0.05) is 31.6 Å². The minimum Gasteiger partial charge on any atom is -0.378 e. The van der Waals surface area contributed by atoms with Gasteiger partial charge in [0.25, 0.3) is 0 Å². The van der Waals surface area contributed by atoms with E-state index in [2.05, 4.69) is 16.5 Å². The highest BCUT2D eigenvalue weighted by molar-refractivity contribution is 6.17. The summed E-state index contributed by atoms with van der Waals surface area (Å²) in [6, 6.07) is 2.01. The van der Waals surface area contributed by atoms with Crippen molar-refractivity contribution in [3.05, 3.63) is 23.7 Å². The molecule has 2 aromatic heterocycles. The fourth-order valence-electron chi connectivity index (χ4n) is 3.00. The Morgan fingerprint density at radius 3 is 3.10 bits per heavy atom. The molecule has 3 rings (SSSR count). The number of rotatable bonds is 5. The van der Waals surface area contributed by atoms with Crippen molar-refractivity contribution < 1.29 is 4.74 Å². The maximum atomic E-state index is 5.93. The van der Waals surface area contributed by atoms with Gasteiger partial charge in [0.1, 0.15) is 11.3 Å². The zero-order chi connectivity index (χ0) is 14.7. The summed E-state index contributed by atoms with van der Waals surface area (Å²) in [5, 5.41) is 0. The summed E-state index contributed by atoms with van der Waals surface area (Å²) >= 11 is 5.93. The van der Waals surface area contributed by atoms with Crippen molar-refractivity contribution in [2.45, 2.75) is 51.7 Å². The Hall–Kier alpha value is -1.13. The number of imidazole rings is 1. The maximum absolute atomic E-state index is 5.93. The van der Waals surface area contributed by atoms with E-state index >= 15 is 0 Å². The van der Waals surface area contributed by atoms with E-state index < -0.39 is 0 Å². The van der Waals surface area contributed by atoms with Gasteiger partial charge in [-0.1, -0.05) is 0 Å². The predicted octanol–water partition coefficient (Wildman–Crippen LogP) is 3.48. The van der Waals surface area contributed by atoms with Gasteiger partial charge in [-0.05, 0) is 44.2 Å². The molecule has 1 fully saturated rings. The number of fused-ring (bicyclic) bond motifs is 1. The van der Waals surface area contributed by atoms with Crippen LogP contribution in [0.25, 0.3) is 11.2 Å². The molecular formula is C16H22ClN3O. The van der Waals surface area contributed by atoms with E-state index in [1.54, 1.807) is 0 Å². The summed E-state index contributed by atoms with van der Waals surface area (Å²) < 4.78 is 8.06. The molecule has 21 heavy (non-hydrogen) atoms. The Morgan fingerprint density at radius 1 is 1.43 bits per heavy atom. The quantitative estimate of drug-likeness (QED) is 0.794. The Balaban J connectivity index is 1.84.